The fourth-order valence-electron chi connectivity index (χ4n) is 2.45. The molecule has 0 spiro atoms. The molecule has 0 amide bonds. The van der Waals surface area contributed by atoms with E-state index in [-0.39, 0.29) is 11.7 Å². The number of anilines is 1. The Bertz CT molecular complexity index is 588. The summed E-state index contributed by atoms with van der Waals surface area (Å²) in [7, 11) is 1.82. The third kappa shape index (κ3) is 1.90. The Hall–Kier alpha value is -2.10. The molecule has 0 bridgehead atoms. The van der Waals surface area contributed by atoms with Crippen LogP contribution in [0.1, 0.15) is 28.3 Å². The van der Waals surface area contributed by atoms with E-state index in [1.807, 2.05) is 19.2 Å². The number of fused-ring (bicyclic) bond motifs is 1. The van der Waals surface area contributed by atoms with Crippen LogP contribution < -0.4 is 5.32 Å². The van der Waals surface area contributed by atoms with E-state index in [9.17, 15) is 4.79 Å². The SMILES string of the molecule is Cn1cc(C(=O)CC2CNc3ccccc32)cn1. The highest BCUT2D eigenvalue weighted by atomic mass is 16.1. The van der Waals surface area contributed by atoms with Crippen LogP contribution in [-0.2, 0) is 7.05 Å². The maximum atomic E-state index is 12.1. The van der Waals surface area contributed by atoms with Crippen LogP contribution in [0.25, 0.3) is 0 Å². The summed E-state index contributed by atoms with van der Waals surface area (Å²) in [5.41, 5.74) is 3.10. The maximum Gasteiger partial charge on any atom is 0.166 e. The van der Waals surface area contributed by atoms with Crippen LogP contribution in [0, 0.1) is 0 Å². The molecule has 1 N–H and O–H groups in total. The molecule has 92 valence electrons. The molecule has 1 aromatic carbocycles. The molecule has 0 fully saturated rings. The van der Waals surface area contributed by atoms with Gasteiger partial charge < -0.3 is 5.32 Å². The van der Waals surface area contributed by atoms with Crippen molar-refractivity contribution in [3.8, 4) is 0 Å². The van der Waals surface area contributed by atoms with Crippen molar-refractivity contribution in [2.24, 2.45) is 7.05 Å². The van der Waals surface area contributed by atoms with Crippen LogP contribution in [0.15, 0.2) is 36.7 Å². The minimum Gasteiger partial charge on any atom is -0.384 e. The molecule has 0 saturated heterocycles. The molecule has 4 nitrogen and oxygen atoms in total. The molecule has 1 atom stereocenters. The Labute approximate surface area is 106 Å². The second-order valence-corrected chi connectivity index (χ2v) is 4.70. The van der Waals surface area contributed by atoms with Gasteiger partial charge in [0.1, 0.15) is 0 Å². The van der Waals surface area contributed by atoms with Crippen LogP contribution >= 0.6 is 0 Å². The predicted octanol–water partition coefficient (Wildman–Crippen LogP) is 2.20. The molecule has 1 unspecified atom stereocenters. The lowest BCUT2D eigenvalue weighted by Gasteiger charge is -2.07. The fourth-order valence-corrected chi connectivity index (χ4v) is 2.45. The van der Waals surface area contributed by atoms with Crippen LogP contribution in [0.5, 0.6) is 0 Å². The summed E-state index contributed by atoms with van der Waals surface area (Å²) in [4.78, 5) is 12.1. The number of aromatic nitrogens is 2. The molecule has 1 aliphatic heterocycles. The number of ketones is 1. The fraction of sp³-hybridized carbons (Fsp3) is 0.286. The highest BCUT2D eigenvalue weighted by Gasteiger charge is 2.24. The number of carbonyl (C=O) groups excluding carboxylic acids is 1. The number of hydrogen-bond donors (Lipinski definition) is 1. The minimum atomic E-state index is 0.159. The quantitative estimate of drug-likeness (QED) is 0.838. The van der Waals surface area contributed by atoms with Crippen LogP contribution in [0.3, 0.4) is 0 Å². The van der Waals surface area contributed by atoms with E-state index in [0.717, 1.165) is 12.2 Å². The van der Waals surface area contributed by atoms with Gasteiger partial charge in [0.2, 0.25) is 0 Å². The van der Waals surface area contributed by atoms with E-state index in [2.05, 4.69) is 22.5 Å². The smallest absolute Gasteiger partial charge is 0.166 e. The van der Waals surface area contributed by atoms with Crippen LogP contribution in [-0.4, -0.2) is 22.1 Å². The first-order valence-corrected chi connectivity index (χ1v) is 6.08. The third-order valence-corrected chi connectivity index (χ3v) is 3.40. The number of rotatable bonds is 3. The van der Waals surface area contributed by atoms with Crippen LogP contribution in [0.4, 0.5) is 5.69 Å². The summed E-state index contributed by atoms with van der Waals surface area (Å²) in [5.74, 6) is 0.431. The number of nitrogens with one attached hydrogen (secondary N) is 1. The molecule has 1 aromatic heterocycles. The third-order valence-electron chi connectivity index (χ3n) is 3.40. The normalized spacial score (nSPS) is 17.3. The molecule has 1 aliphatic rings. The second kappa shape index (κ2) is 4.29. The average Bonchev–Trinajstić information content (AvgIpc) is 2.97. The number of hydrogen-bond acceptors (Lipinski definition) is 3. The highest BCUT2D eigenvalue weighted by molar-refractivity contribution is 5.96. The van der Waals surface area contributed by atoms with Crippen molar-refractivity contribution in [3.05, 3.63) is 47.8 Å². The molecular weight excluding hydrogens is 226 g/mol. The first-order chi connectivity index (χ1) is 8.74. The molecule has 4 heteroatoms. The molecule has 18 heavy (non-hydrogen) atoms. The van der Waals surface area contributed by atoms with Gasteiger partial charge in [-0.3, -0.25) is 9.48 Å². The number of Topliss-reactive ketones (excluding diaryl/α,β-unsaturated/α-hetero) is 1. The van der Waals surface area contributed by atoms with E-state index in [4.69, 9.17) is 0 Å². The van der Waals surface area contributed by atoms with Gasteiger partial charge in [-0.15, -0.1) is 0 Å². The van der Waals surface area contributed by atoms with Crippen molar-refractivity contribution in [1.82, 2.24) is 9.78 Å². The van der Waals surface area contributed by atoms with Crippen molar-refractivity contribution >= 4 is 11.5 Å². The first-order valence-electron chi connectivity index (χ1n) is 6.08. The van der Waals surface area contributed by atoms with Crippen molar-refractivity contribution < 1.29 is 4.79 Å². The van der Waals surface area contributed by atoms with E-state index < -0.39 is 0 Å². The number of carbonyl (C=O) groups is 1. The van der Waals surface area contributed by atoms with Gasteiger partial charge in [-0.05, 0) is 11.6 Å². The zero-order valence-corrected chi connectivity index (χ0v) is 10.3. The largest absolute Gasteiger partial charge is 0.384 e. The average molecular weight is 241 g/mol. The summed E-state index contributed by atoms with van der Waals surface area (Å²) < 4.78 is 1.66. The van der Waals surface area contributed by atoms with E-state index in [1.54, 1.807) is 17.1 Å². The van der Waals surface area contributed by atoms with Gasteiger partial charge in [-0.2, -0.15) is 5.10 Å². The van der Waals surface area contributed by atoms with Gasteiger partial charge in [-0.25, -0.2) is 0 Å². The van der Waals surface area contributed by atoms with Crippen molar-refractivity contribution in [1.29, 1.82) is 0 Å². The highest BCUT2D eigenvalue weighted by Crippen LogP contribution is 2.33. The molecule has 0 aliphatic carbocycles. The van der Waals surface area contributed by atoms with Gasteiger partial charge >= 0.3 is 0 Å². The summed E-state index contributed by atoms with van der Waals surface area (Å²) in [6, 6.07) is 8.19. The van der Waals surface area contributed by atoms with E-state index in [0.29, 0.717) is 12.0 Å². The predicted molar refractivity (Wildman–Crippen MR) is 69.8 cm³/mol. The Morgan fingerprint density at radius 1 is 1.50 bits per heavy atom. The number of benzene rings is 1. The first kappa shape index (κ1) is 11.0. The van der Waals surface area contributed by atoms with Gasteiger partial charge in [0.05, 0.1) is 11.8 Å². The molecule has 0 saturated carbocycles. The Morgan fingerprint density at radius 2 is 2.33 bits per heavy atom. The minimum absolute atomic E-state index is 0.159. The summed E-state index contributed by atoms with van der Waals surface area (Å²) in [5, 5.41) is 7.38. The van der Waals surface area contributed by atoms with Crippen molar-refractivity contribution in [2.75, 3.05) is 11.9 Å². The lowest BCUT2D eigenvalue weighted by atomic mass is 9.94. The van der Waals surface area contributed by atoms with Crippen molar-refractivity contribution in [2.45, 2.75) is 12.3 Å². The van der Waals surface area contributed by atoms with Gasteiger partial charge in [0, 0.05) is 37.8 Å². The Kier molecular flexibility index (Phi) is 2.63. The van der Waals surface area contributed by atoms with E-state index >= 15 is 0 Å². The monoisotopic (exact) mass is 241 g/mol. The Morgan fingerprint density at radius 3 is 3.11 bits per heavy atom. The molecular formula is C14H15N3O. The van der Waals surface area contributed by atoms with Gasteiger partial charge in [0.15, 0.2) is 5.78 Å². The van der Waals surface area contributed by atoms with Gasteiger partial charge in [-0.1, -0.05) is 18.2 Å². The summed E-state index contributed by atoms with van der Waals surface area (Å²) >= 11 is 0. The Balaban J connectivity index is 1.77. The zero-order valence-electron chi connectivity index (χ0n) is 10.3. The second-order valence-electron chi connectivity index (χ2n) is 4.70. The zero-order chi connectivity index (χ0) is 12.5. The van der Waals surface area contributed by atoms with E-state index in [1.165, 1.54) is 5.56 Å². The molecule has 0 radical (unpaired) electrons. The molecule has 2 aromatic rings. The summed E-state index contributed by atoms with van der Waals surface area (Å²) in [6.45, 7) is 0.839. The lowest BCUT2D eigenvalue weighted by molar-refractivity contribution is 0.0975. The maximum absolute atomic E-state index is 12.1. The standard InChI is InChI=1S/C14H15N3O/c1-17-9-11(8-16-17)14(18)6-10-7-15-13-5-3-2-4-12(10)13/h2-5,8-10,15H,6-7H2,1H3. The molecule has 3 rings (SSSR count). The number of para-hydroxylation sites is 1. The van der Waals surface area contributed by atoms with Crippen molar-refractivity contribution in [3.63, 3.8) is 0 Å². The lowest BCUT2D eigenvalue weighted by Crippen LogP contribution is -2.09. The molecule has 2 heterocycles. The topological polar surface area (TPSA) is 46.9 Å². The van der Waals surface area contributed by atoms with Crippen LogP contribution in [0.2, 0.25) is 0 Å². The van der Waals surface area contributed by atoms with Gasteiger partial charge in [0.25, 0.3) is 0 Å². The summed E-state index contributed by atoms with van der Waals surface area (Å²) in [6.07, 6.45) is 3.95. The number of nitrogens with zero attached hydrogens (tertiary/aromatic N) is 2. The number of aryl methyl sites for hydroxylation is 1.